The SMILES string of the molecule is CCCCCCCCC(C[N+](=O)[O-])O[N+](=O)OC(CCCCCCCC)C[N+](=O)[O-]. The molecule has 0 N–H and O–H groups in total. The van der Waals surface area contributed by atoms with E-state index in [0.29, 0.717) is 25.7 Å². The Hall–Kier alpha value is -2.00. The summed E-state index contributed by atoms with van der Waals surface area (Å²) >= 11 is 0. The van der Waals surface area contributed by atoms with Gasteiger partial charge in [0.25, 0.3) is 0 Å². The fourth-order valence-corrected chi connectivity index (χ4v) is 3.26. The van der Waals surface area contributed by atoms with Crippen molar-refractivity contribution in [3.63, 3.8) is 0 Å². The van der Waals surface area contributed by atoms with Gasteiger partial charge in [0.2, 0.25) is 25.3 Å². The molecular weight excluding hydrogens is 394 g/mol. The fraction of sp³-hybridized carbons (Fsp3) is 1.00. The fourth-order valence-electron chi connectivity index (χ4n) is 3.26. The van der Waals surface area contributed by atoms with Crippen LogP contribution in [-0.4, -0.2) is 40.2 Å². The molecule has 10 nitrogen and oxygen atoms in total. The van der Waals surface area contributed by atoms with Gasteiger partial charge < -0.3 is 0 Å². The molecule has 2 atom stereocenters. The minimum atomic E-state index is -0.908. The highest BCUT2D eigenvalue weighted by Gasteiger charge is 2.32. The van der Waals surface area contributed by atoms with Crippen molar-refractivity contribution in [2.75, 3.05) is 13.1 Å². The summed E-state index contributed by atoms with van der Waals surface area (Å²) in [7, 11) is 0. The first-order valence-corrected chi connectivity index (χ1v) is 11.4. The molecule has 0 saturated heterocycles. The lowest BCUT2D eigenvalue weighted by Gasteiger charge is -2.09. The molecular formula is C20H40N3O7+. The highest BCUT2D eigenvalue weighted by Crippen LogP contribution is 2.14. The molecule has 30 heavy (non-hydrogen) atoms. The molecule has 0 spiro atoms. The molecule has 0 aromatic carbocycles. The van der Waals surface area contributed by atoms with E-state index in [0.717, 1.165) is 64.2 Å². The van der Waals surface area contributed by atoms with Crippen LogP contribution in [0.1, 0.15) is 104 Å². The van der Waals surface area contributed by atoms with Crippen molar-refractivity contribution in [1.29, 1.82) is 0 Å². The Morgan fingerprint density at radius 3 is 1.27 bits per heavy atom. The quantitative estimate of drug-likeness (QED) is 0.126. The van der Waals surface area contributed by atoms with Crippen molar-refractivity contribution in [1.82, 2.24) is 0 Å². The molecule has 0 saturated carbocycles. The predicted octanol–water partition coefficient (Wildman–Crippen LogP) is 5.42. The Morgan fingerprint density at radius 1 is 0.600 bits per heavy atom. The van der Waals surface area contributed by atoms with E-state index >= 15 is 0 Å². The number of hydrogen-bond acceptors (Lipinski definition) is 7. The van der Waals surface area contributed by atoms with Gasteiger partial charge >= 0.3 is 5.09 Å². The van der Waals surface area contributed by atoms with Crippen LogP contribution < -0.4 is 0 Å². The van der Waals surface area contributed by atoms with E-state index in [-0.39, 0.29) is 5.09 Å². The lowest BCUT2D eigenvalue weighted by atomic mass is 10.1. The molecule has 0 aromatic rings. The first kappa shape index (κ1) is 28.0. The number of hydrogen-bond donors (Lipinski definition) is 0. The van der Waals surface area contributed by atoms with Crippen LogP contribution in [-0.2, 0) is 9.68 Å². The van der Waals surface area contributed by atoms with Gasteiger partial charge in [-0.3, -0.25) is 20.2 Å². The van der Waals surface area contributed by atoms with Gasteiger partial charge in [-0.25, -0.2) is 0 Å². The second-order valence-corrected chi connectivity index (χ2v) is 7.82. The first-order chi connectivity index (χ1) is 14.4. The molecule has 0 aliphatic carbocycles. The van der Waals surface area contributed by atoms with Crippen molar-refractivity contribution >= 4 is 0 Å². The van der Waals surface area contributed by atoms with E-state index in [9.17, 15) is 25.1 Å². The van der Waals surface area contributed by atoms with Crippen LogP contribution in [0.3, 0.4) is 0 Å². The Kier molecular flexibility index (Phi) is 17.7. The molecule has 0 radical (unpaired) electrons. The van der Waals surface area contributed by atoms with E-state index < -0.39 is 35.1 Å². The van der Waals surface area contributed by atoms with Crippen molar-refractivity contribution in [2.24, 2.45) is 0 Å². The zero-order chi connectivity index (χ0) is 22.6. The van der Waals surface area contributed by atoms with Crippen LogP contribution in [0.25, 0.3) is 0 Å². The van der Waals surface area contributed by atoms with Crippen molar-refractivity contribution in [3.05, 3.63) is 25.1 Å². The molecule has 2 unspecified atom stereocenters. The summed E-state index contributed by atoms with van der Waals surface area (Å²) in [6.45, 7) is 3.24. The van der Waals surface area contributed by atoms with E-state index in [4.69, 9.17) is 9.68 Å². The summed E-state index contributed by atoms with van der Waals surface area (Å²) in [4.78, 5) is 42.8. The van der Waals surface area contributed by atoms with Crippen molar-refractivity contribution in [2.45, 2.75) is 116 Å². The Morgan fingerprint density at radius 2 is 0.933 bits per heavy atom. The lowest BCUT2D eigenvalue weighted by Crippen LogP contribution is -2.32. The third kappa shape index (κ3) is 18.1. The first-order valence-electron chi connectivity index (χ1n) is 11.4. The summed E-state index contributed by atoms with van der Waals surface area (Å²) in [6.07, 6.45) is 11.1. The summed E-state index contributed by atoms with van der Waals surface area (Å²) in [5.74, 6) is 0. The van der Waals surface area contributed by atoms with Gasteiger partial charge in [-0.1, -0.05) is 78.1 Å². The van der Waals surface area contributed by atoms with E-state index in [1.165, 1.54) is 0 Å². The van der Waals surface area contributed by atoms with Gasteiger partial charge in [-0.2, -0.15) is 9.68 Å². The molecule has 0 amide bonds. The second-order valence-electron chi connectivity index (χ2n) is 7.82. The lowest BCUT2D eigenvalue weighted by molar-refractivity contribution is -0.995. The monoisotopic (exact) mass is 434 g/mol. The number of nitrogens with zero attached hydrogens (tertiary/aromatic N) is 3. The third-order valence-electron chi connectivity index (χ3n) is 4.93. The minimum Gasteiger partial charge on any atom is -0.264 e. The Labute approximate surface area is 179 Å². The number of rotatable bonds is 22. The van der Waals surface area contributed by atoms with Crippen LogP contribution >= 0.6 is 0 Å². The highest BCUT2D eigenvalue weighted by atomic mass is 17.0. The van der Waals surface area contributed by atoms with Crippen LogP contribution in [0.4, 0.5) is 0 Å². The van der Waals surface area contributed by atoms with Gasteiger partial charge in [0.1, 0.15) is 4.91 Å². The smallest absolute Gasteiger partial charge is 0.264 e. The Balaban J connectivity index is 4.41. The molecule has 0 heterocycles. The zero-order valence-corrected chi connectivity index (χ0v) is 18.7. The topological polar surface area (TPSA) is 125 Å². The number of unbranched alkanes of at least 4 members (excludes halogenated alkanes) is 10. The normalized spacial score (nSPS) is 12.9. The average Bonchev–Trinajstić information content (AvgIpc) is 2.66. The Bertz CT molecular complexity index is 437. The summed E-state index contributed by atoms with van der Waals surface area (Å²) < 4.78 is 0. The summed E-state index contributed by atoms with van der Waals surface area (Å²) in [6, 6.07) is 0. The van der Waals surface area contributed by atoms with E-state index in [2.05, 4.69) is 13.8 Å². The number of nitro groups is 2. The minimum absolute atomic E-state index is 0.156. The molecule has 10 heteroatoms. The largest absolute Gasteiger partial charge is 0.478 e. The summed E-state index contributed by atoms with van der Waals surface area (Å²) in [5.41, 5.74) is 0. The predicted molar refractivity (Wildman–Crippen MR) is 113 cm³/mol. The third-order valence-corrected chi connectivity index (χ3v) is 4.93. The summed E-state index contributed by atoms with van der Waals surface area (Å²) in [5, 5.41) is 21.6. The zero-order valence-electron chi connectivity index (χ0n) is 18.7. The van der Waals surface area contributed by atoms with Crippen LogP contribution in [0.15, 0.2) is 0 Å². The van der Waals surface area contributed by atoms with Crippen molar-refractivity contribution in [3.8, 4) is 0 Å². The van der Waals surface area contributed by atoms with Crippen LogP contribution in [0.5, 0.6) is 0 Å². The van der Waals surface area contributed by atoms with Gasteiger partial charge in [0, 0.05) is 9.85 Å². The highest BCUT2D eigenvalue weighted by molar-refractivity contribution is 4.57. The van der Waals surface area contributed by atoms with Gasteiger partial charge in [0.05, 0.1) is 0 Å². The maximum Gasteiger partial charge on any atom is 0.478 e. The van der Waals surface area contributed by atoms with Crippen molar-refractivity contribution < 1.29 is 24.6 Å². The van der Waals surface area contributed by atoms with Gasteiger partial charge in [-0.15, -0.1) is 0 Å². The molecule has 0 bridgehead atoms. The standard InChI is InChI=1S/C20H40N3O7/c1-3-5-7-9-11-13-15-19(17-21(24)25)29-23(28)30-20(18-22(26)27)16-14-12-10-8-6-4-2/h19-20H,3-18H2,1-2H3/q+1. The molecule has 0 rings (SSSR count). The molecule has 176 valence electrons. The molecule has 0 fully saturated rings. The van der Waals surface area contributed by atoms with Gasteiger partial charge in [-0.05, 0) is 25.7 Å². The van der Waals surface area contributed by atoms with Crippen LogP contribution in [0.2, 0.25) is 0 Å². The maximum absolute atomic E-state index is 12.0. The molecule has 0 aliphatic rings. The average molecular weight is 435 g/mol. The van der Waals surface area contributed by atoms with E-state index in [1.807, 2.05) is 0 Å². The second kappa shape index (κ2) is 19.0. The van der Waals surface area contributed by atoms with E-state index in [1.54, 1.807) is 0 Å². The molecule has 0 aliphatic heterocycles. The maximum atomic E-state index is 12.0. The van der Waals surface area contributed by atoms with Gasteiger partial charge in [0.15, 0.2) is 0 Å². The van der Waals surface area contributed by atoms with Crippen LogP contribution in [0, 0.1) is 25.1 Å². The molecule has 0 aromatic heterocycles.